The third-order valence-corrected chi connectivity index (χ3v) is 4.82. The highest BCUT2D eigenvalue weighted by atomic mass is 16.5. The second-order valence-corrected chi connectivity index (χ2v) is 6.97. The maximum absolute atomic E-state index is 5.89. The van der Waals surface area contributed by atoms with Crippen molar-refractivity contribution in [3.63, 3.8) is 0 Å². The molecule has 0 amide bonds. The van der Waals surface area contributed by atoms with Crippen LogP contribution in [-0.2, 0) is 7.05 Å². The lowest BCUT2D eigenvalue weighted by Crippen LogP contribution is -2.10. The molecule has 4 rings (SSSR count). The molecular formula is C22H25N3O. The first-order chi connectivity index (χ1) is 12.7. The van der Waals surface area contributed by atoms with Crippen LogP contribution in [0.2, 0.25) is 0 Å². The van der Waals surface area contributed by atoms with E-state index >= 15 is 0 Å². The van der Waals surface area contributed by atoms with Gasteiger partial charge in [0.05, 0.1) is 17.4 Å². The molecule has 0 saturated heterocycles. The molecule has 26 heavy (non-hydrogen) atoms. The van der Waals surface area contributed by atoms with Gasteiger partial charge in [0.2, 0.25) is 0 Å². The number of rotatable bonds is 7. The molecule has 1 aliphatic rings. The fourth-order valence-corrected chi connectivity index (χ4v) is 3.28. The minimum Gasteiger partial charge on any atom is -0.457 e. The maximum Gasteiger partial charge on any atom is 0.127 e. The van der Waals surface area contributed by atoms with Gasteiger partial charge in [-0.15, -0.1) is 0 Å². The second-order valence-electron chi connectivity index (χ2n) is 6.97. The number of hydrogen-bond acceptors (Lipinski definition) is 3. The van der Waals surface area contributed by atoms with E-state index < -0.39 is 0 Å². The van der Waals surface area contributed by atoms with Crippen molar-refractivity contribution in [1.29, 1.82) is 0 Å². The van der Waals surface area contributed by atoms with Crippen molar-refractivity contribution in [1.82, 2.24) is 9.78 Å². The summed E-state index contributed by atoms with van der Waals surface area (Å²) in [6, 6.07) is 18.5. The molecular weight excluding hydrogens is 322 g/mol. The van der Waals surface area contributed by atoms with Crippen molar-refractivity contribution in [3.05, 3.63) is 72.1 Å². The molecule has 0 spiro atoms. The zero-order valence-corrected chi connectivity index (χ0v) is 15.4. The smallest absolute Gasteiger partial charge is 0.127 e. The lowest BCUT2D eigenvalue weighted by Gasteiger charge is -2.19. The van der Waals surface area contributed by atoms with Gasteiger partial charge >= 0.3 is 0 Å². The highest BCUT2D eigenvalue weighted by Crippen LogP contribution is 2.43. The summed E-state index contributed by atoms with van der Waals surface area (Å²) in [4.78, 5) is 0. The summed E-state index contributed by atoms with van der Waals surface area (Å²) in [5.74, 6) is 2.35. The van der Waals surface area contributed by atoms with E-state index in [1.807, 2.05) is 54.2 Å². The van der Waals surface area contributed by atoms with Crippen LogP contribution in [0.5, 0.6) is 11.5 Å². The number of aromatic nitrogens is 2. The number of hydrogen-bond donors (Lipinski definition) is 1. The Labute approximate surface area is 154 Å². The van der Waals surface area contributed by atoms with E-state index in [2.05, 4.69) is 35.7 Å². The first-order valence-corrected chi connectivity index (χ1v) is 9.36. The predicted octanol–water partition coefficient (Wildman–Crippen LogP) is 5.65. The molecule has 1 unspecified atom stereocenters. The number of anilines is 1. The quantitative estimate of drug-likeness (QED) is 0.600. The first-order valence-electron chi connectivity index (χ1n) is 9.36. The SMILES string of the molecule is CCC(Nc1cn(C)nc1C1CC1)c1ccc(Oc2ccccc2)cc1. The van der Waals surface area contributed by atoms with Crippen LogP contribution >= 0.6 is 0 Å². The fourth-order valence-electron chi connectivity index (χ4n) is 3.28. The van der Waals surface area contributed by atoms with Crippen molar-refractivity contribution in [3.8, 4) is 11.5 Å². The minimum absolute atomic E-state index is 0.266. The molecule has 4 heteroatoms. The van der Waals surface area contributed by atoms with Crippen molar-refractivity contribution < 1.29 is 4.74 Å². The van der Waals surface area contributed by atoms with Crippen LogP contribution in [0.15, 0.2) is 60.8 Å². The third kappa shape index (κ3) is 3.74. The Balaban J connectivity index is 1.48. The van der Waals surface area contributed by atoms with Gasteiger partial charge in [0.25, 0.3) is 0 Å². The highest BCUT2D eigenvalue weighted by molar-refractivity contribution is 5.51. The normalized spacial score (nSPS) is 14.8. The molecule has 0 bridgehead atoms. The number of benzene rings is 2. The number of aryl methyl sites for hydroxylation is 1. The summed E-state index contributed by atoms with van der Waals surface area (Å²) < 4.78 is 7.81. The molecule has 1 atom stereocenters. The molecule has 0 aliphatic heterocycles. The van der Waals surface area contributed by atoms with Gasteiger partial charge in [-0.3, -0.25) is 4.68 Å². The second kappa shape index (κ2) is 7.24. The van der Waals surface area contributed by atoms with Crippen LogP contribution in [0.25, 0.3) is 0 Å². The van der Waals surface area contributed by atoms with Crippen molar-refractivity contribution in [2.45, 2.75) is 38.1 Å². The van der Waals surface area contributed by atoms with Gasteiger partial charge in [0, 0.05) is 19.2 Å². The largest absolute Gasteiger partial charge is 0.457 e. The third-order valence-electron chi connectivity index (χ3n) is 4.82. The number of para-hydroxylation sites is 1. The number of nitrogens with one attached hydrogen (secondary N) is 1. The zero-order chi connectivity index (χ0) is 17.9. The van der Waals surface area contributed by atoms with Crippen LogP contribution in [-0.4, -0.2) is 9.78 Å². The first kappa shape index (κ1) is 16.7. The Bertz CT molecular complexity index is 851. The van der Waals surface area contributed by atoms with Crippen molar-refractivity contribution in [2.75, 3.05) is 5.32 Å². The Morgan fingerprint density at radius 2 is 1.77 bits per heavy atom. The Morgan fingerprint density at radius 1 is 1.08 bits per heavy atom. The van der Waals surface area contributed by atoms with Gasteiger partial charge in [0.15, 0.2) is 0 Å². The van der Waals surface area contributed by atoms with Crippen LogP contribution in [0, 0.1) is 0 Å². The van der Waals surface area contributed by atoms with Crippen LogP contribution < -0.4 is 10.1 Å². The maximum atomic E-state index is 5.89. The average molecular weight is 347 g/mol. The van der Waals surface area contributed by atoms with E-state index in [0.717, 1.165) is 17.9 Å². The molecule has 1 heterocycles. The predicted molar refractivity (Wildman–Crippen MR) is 105 cm³/mol. The summed E-state index contributed by atoms with van der Waals surface area (Å²) in [5.41, 5.74) is 3.65. The highest BCUT2D eigenvalue weighted by Gasteiger charge is 2.29. The molecule has 1 aliphatic carbocycles. The topological polar surface area (TPSA) is 39.1 Å². The van der Waals surface area contributed by atoms with Crippen LogP contribution in [0.3, 0.4) is 0 Å². The van der Waals surface area contributed by atoms with Crippen LogP contribution in [0.1, 0.15) is 49.4 Å². The van der Waals surface area contributed by atoms with E-state index in [9.17, 15) is 0 Å². The monoisotopic (exact) mass is 347 g/mol. The van der Waals surface area contributed by atoms with E-state index in [1.165, 1.54) is 29.8 Å². The molecule has 134 valence electrons. The van der Waals surface area contributed by atoms with Crippen molar-refractivity contribution >= 4 is 5.69 Å². The Kier molecular flexibility index (Phi) is 4.65. The summed E-state index contributed by atoms with van der Waals surface area (Å²) in [5, 5.41) is 8.35. The van der Waals surface area contributed by atoms with Crippen molar-refractivity contribution in [2.24, 2.45) is 7.05 Å². The standard InChI is InChI=1S/C22H25N3O/c1-3-20(23-21-15-25(2)24-22(21)17-9-10-17)16-11-13-19(14-12-16)26-18-7-5-4-6-8-18/h4-8,11-15,17,20,23H,3,9-10H2,1-2H3. The van der Waals surface area contributed by atoms with Gasteiger partial charge in [-0.25, -0.2) is 0 Å². The summed E-state index contributed by atoms with van der Waals surface area (Å²) in [7, 11) is 1.99. The van der Waals surface area contributed by atoms with E-state index in [-0.39, 0.29) is 6.04 Å². The summed E-state index contributed by atoms with van der Waals surface area (Å²) >= 11 is 0. The molecule has 1 saturated carbocycles. The molecule has 3 aromatic rings. The zero-order valence-electron chi connectivity index (χ0n) is 15.4. The summed E-state index contributed by atoms with van der Waals surface area (Å²) in [6.07, 6.45) is 5.63. The molecule has 4 nitrogen and oxygen atoms in total. The number of ether oxygens (including phenoxy) is 1. The summed E-state index contributed by atoms with van der Waals surface area (Å²) in [6.45, 7) is 2.21. The van der Waals surface area contributed by atoms with E-state index in [0.29, 0.717) is 5.92 Å². The van der Waals surface area contributed by atoms with E-state index in [4.69, 9.17) is 4.74 Å². The van der Waals surface area contributed by atoms with E-state index in [1.54, 1.807) is 0 Å². The van der Waals surface area contributed by atoms with Gasteiger partial charge in [0.1, 0.15) is 11.5 Å². The van der Waals surface area contributed by atoms with Crippen LogP contribution in [0.4, 0.5) is 5.69 Å². The lowest BCUT2D eigenvalue weighted by atomic mass is 10.0. The minimum atomic E-state index is 0.266. The van der Waals surface area contributed by atoms with Gasteiger partial charge in [-0.05, 0) is 49.1 Å². The fraction of sp³-hybridized carbons (Fsp3) is 0.318. The number of nitrogens with zero attached hydrogens (tertiary/aromatic N) is 2. The molecule has 0 radical (unpaired) electrons. The molecule has 2 aromatic carbocycles. The van der Waals surface area contributed by atoms with Gasteiger partial charge < -0.3 is 10.1 Å². The lowest BCUT2D eigenvalue weighted by molar-refractivity contribution is 0.482. The average Bonchev–Trinajstić information content (AvgIpc) is 3.44. The Hall–Kier alpha value is -2.75. The Morgan fingerprint density at radius 3 is 2.42 bits per heavy atom. The van der Waals surface area contributed by atoms with Gasteiger partial charge in [-0.2, -0.15) is 5.10 Å². The molecule has 1 fully saturated rings. The molecule has 1 aromatic heterocycles. The van der Waals surface area contributed by atoms with Gasteiger partial charge in [-0.1, -0.05) is 37.3 Å². The molecule has 1 N–H and O–H groups in total.